The zero-order valence-corrected chi connectivity index (χ0v) is 16.9. The SMILES string of the molecule is Cc1ccc(-c2cccc(Cl)c2)cc1C(=O)Nc1c(Cl)cc(C(=O)O)cc1Cl. The summed E-state index contributed by atoms with van der Waals surface area (Å²) in [7, 11) is 0. The molecule has 0 atom stereocenters. The van der Waals surface area contributed by atoms with E-state index in [2.05, 4.69) is 5.32 Å². The summed E-state index contributed by atoms with van der Waals surface area (Å²) in [5.41, 5.74) is 3.00. The number of rotatable bonds is 4. The molecule has 0 fully saturated rings. The van der Waals surface area contributed by atoms with Crippen LogP contribution < -0.4 is 5.32 Å². The summed E-state index contributed by atoms with van der Waals surface area (Å²) in [4.78, 5) is 23.9. The quantitative estimate of drug-likeness (QED) is 0.488. The second-order valence-corrected chi connectivity index (χ2v) is 7.37. The number of carbonyl (C=O) groups excluding carboxylic acids is 1. The van der Waals surface area contributed by atoms with Crippen molar-refractivity contribution in [2.75, 3.05) is 5.32 Å². The van der Waals surface area contributed by atoms with Gasteiger partial charge in [0.1, 0.15) is 0 Å². The van der Waals surface area contributed by atoms with Gasteiger partial charge in [-0.2, -0.15) is 0 Å². The molecule has 28 heavy (non-hydrogen) atoms. The third kappa shape index (κ3) is 4.30. The second kappa shape index (κ2) is 8.23. The van der Waals surface area contributed by atoms with Crippen LogP contribution in [0.25, 0.3) is 11.1 Å². The van der Waals surface area contributed by atoms with Gasteiger partial charge in [0.15, 0.2) is 0 Å². The van der Waals surface area contributed by atoms with Crippen LogP contribution in [0.2, 0.25) is 15.1 Å². The fourth-order valence-corrected chi connectivity index (χ4v) is 3.48. The van der Waals surface area contributed by atoms with Crippen molar-refractivity contribution in [3.05, 3.63) is 86.4 Å². The van der Waals surface area contributed by atoms with E-state index in [1.54, 1.807) is 12.1 Å². The number of carboxylic acid groups (broad SMARTS) is 1. The van der Waals surface area contributed by atoms with Crippen molar-refractivity contribution in [3.8, 4) is 11.1 Å². The van der Waals surface area contributed by atoms with Gasteiger partial charge in [-0.25, -0.2) is 4.79 Å². The molecule has 1 amide bonds. The van der Waals surface area contributed by atoms with Crippen molar-refractivity contribution < 1.29 is 14.7 Å². The Kier molecular flexibility index (Phi) is 5.94. The van der Waals surface area contributed by atoms with Crippen molar-refractivity contribution in [2.24, 2.45) is 0 Å². The Bertz CT molecular complexity index is 1070. The van der Waals surface area contributed by atoms with Gasteiger partial charge in [-0.15, -0.1) is 0 Å². The van der Waals surface area contributed by atoms with Crippen LogP contribution in [-0.2, 0) is 0 Å². The van der Waals surface area contributed by atoms with Crippen LogP contribution in [0.3, 0.4) is 0 Å². The molecule has 0 aliphatic heterocycles. The maximum Gasteiger partial charge on any atom is 0.335 e. The van der Waals surface area contributed by atoms with Gasteiger partial charge in [0, 0.05) is 10.6 Å². The van der Waals surface area contributed by atoms with Gasteiger partial charge in [0.2, 0.25) is 0 Å². The highest BCUT2D eigenvalue weighted by molar-refractivity contribution is 6.40. The minimum Gasteiger partial charge on any atom is -0.478 e. The Labute approximate surface area is 176 Å². The molecule has 0 aliphatic rings. The average Bonchev–Trinajstić information content (AvgIpc) is 2.64. The van der Waals surface area contributed by atoms with E-state index >= 15 is 0 Å². The highest BCUT2D eigenvalue weighted by Gasteiger charge is 2.17. The molecule has 3 aromatic carbocycles. The van der Waals surface area contributed by atoms with Crippen molar-refractivity contribution in [3.63, 3.8) is 0 Å². The first-order chi connectivity index (χ1) is 13.3. The lowest BCUT2D eigenvalue weighted by atomic mass is 9.99. The molecule has 0 aliphatic carbocycles. The van der Waals surface area contributed by atoms with Crippen molar-refractivity contribution in [2.45, 2.75) is 6.92 Å². The third-order valence-electron chi connectivity index (χ3n) is 4.17. The van der Waals surface area contributed by atoms with Crippen LogP contribution in [0.5, 0.6) is 0 Å². The fraction of sp³-hybridized carbons (Fsp3) is 0.0476. The largest absolute Gasteiger partial charge is 0.478 e. The Morgan fingerprint density at radius 3 is 2.14 bits per heavy atom. The Morgan fingerprint density at radius 2 is 1.54 bits per heavy atom. The van der Waals surface area contributed by atoms with E-state index in [-0.39, 0.29) is 21.3 Å². The van der Waals surface area contributed by atoms with Gasteiger partial charge < -0.3 is 10.4 Å². The third-order valence-corrected chi connectivity index (χ3v) is 5.00. The highest BCUT2D eigenvalue weighted by atomic mass is 35.5. The Morgan fingerprint density at radius 1 is 0.893 bits per heavy atom. The monoisotopic (exact) mass is 433 g/mol. The van der Waals surface area contributed by atoms with Crippen molar-refractivity contribution >= 4 is 52.4 Å². The minimum atomic E-state index is -1.16. The minimum absolute atomic E-state index is 0.0434. The first-order valence-electron chi connectivity index (χ1n) is 8.16. The molecule has 2 N–H and O–H groups in total. The molecule has 3 aromatic rings. The van der Waals surface area contributed by atoms with Crippen LogP contribution in [0.4, 0.5) is 5.69 Å². The summed E-state index contributed by atoms with van der Waals surface area (Å²) >= 11 is 18.3. The average molecular weight is 435 g/mol. The number of halogens is 3. The summed E-state index contributed by atoms with van der Waals surface area (Å²) in [6, 6.07) is 15.3. The second-order valence-electron chi connectivity index (χ2n) is 6.11. The number of hydrogen-bond donors (Lipinski definition) is 2. The lowest BCUT2D eigenvalue weighted by Crippen LogP contribution is -2.14. The zero-order chi connectivity index (χ0) is 20.4. The lowest BCUT2D eigenvalue weighted by molar-refractivity contribution is 0.0696. The highest BCUT2D eigenvalue weighted by Crippen LogP contribution is 2.33. The number of carboxylic acids is 1. The van der Waals surface area contributed by atoms with Gasteiger partial charge in [-0.1, -0.05) is 59.1 Å². The van der Waals surface area contributed by atoms with Crippen LogP contribution in [0.1, 0.15) is 26.3 Å². The van der Waals surface area contributed by atoms with Gasteiger partial charge in [0.05, 0.1) is 21.3 Å². The van der Waals surface area contributed by atoms with Gasteiger partial charge >= 0.3 is 5.97 Å². The fourth-order valence-electron chi connectivity index (χ4n) is 2.71. The first kappa shape index (κ1) is 20.2. The molecule has 0 heterocycles. The topological polar surface area (TPSA) is 66.4 Å². The number of anilines is 1. The molecule has 0 radical (unpaired) electrons. The van der Waals surface area contributed by atoms with Crippen LogP contribution in [-0.4, -0.2) is 17.0 Å². The van der Waals surface area contributed by atoms with Crippen LogP contribution in [0.15, 0.2) is 54.6 Å². The van der Waals surface area contributed by atoms with Gasteiger partial charge in [-0.3, -0.25) is 4.79 Å². The molecule has 0 unspecified atom stereocenters. The predicted molar refractivity (Wildman–Crippen MR) is 113 cm³/mol. The van der Waals surface area contributed by atoms with Crippen molar-refractivity contribution in [1.29, 1.82) is 0 Å². The summed E-state index contributed by atoms with van der Waals surface area (Å²) in [5, 5.41) is 12.4. The van der Waals surface area contributed by atoms with Crippen LogP contribution >= 0.6 is 34.8 Å². The molecular weight excluding hydrogens is 421 g/mol. The molecular formula is C21H14Cl3NO3. The number of carbonyl (C=O) groups is 2. The first-order valence-corrected chi connectivity index (χ1v) is 9.30. The van der Waals surface area contributed by atoms with E-state index in [1.807, 2.05) is 37.3 Å². The van der Waals surface area contributed by atoms with E-state index in [1.165, 1.54) is 12.1 Å². The smallest absolute Gasteiger partial charge is 0.335 e. The molecule has 0 aromatic heterocycles. The Hall–Kier alpha value is -2.53. The summed E-state index contributed by atoms with van der Waals surface area (Å²) < 4.78 is 0. The van der Waals surface area contributed by atoms with E-state index in [0.29, 0.717) is 10.6 Å². The summed E-state index contributed by atoms with van der Waals surface area (Å²) in [5.74, 6) is -1.57. The number of nitrogens with one attached hydrogen (secondary N) is 1. The molecule has 4 nitrogen and oxygen atoms in total. The number of aryl methyl sites for hydroxylation is 1. The van der Waals surface area contributed by atoms with Crippen molar-refractivity contribution in [1.82, 2.24) is 0 Å². The molecule has 7 heteroatoms. The number of aromatic carboxylic acids is 1. The normalized spacial score (nSPS) is 10.6. The van der Waals surface area contributed by atoms with Crippen LogP contribution in [0, 0.1) is 6.92 Å². The maximum atomic E-state index is 12.8. The molecule has 142 valence electrons. The van der Waals surface area contributed by atoms with Gasteiger partial charge in [0.25, 0.3) is 5.91 Å². The summed E-state index contributed by atoms with van der Waals surface area (Å²) in [6.45, 7) is 1.81. The molecule has 0 bridgehead atoms. The molecule has 0 spiro atoms. The maximum absolute atomic E-state index is 12.8. The number of benzene rings is 3. The van der Waals surface area contributed by atoms with E-state index in [9.17, 15) is 9.59 Å². The van der Waals surface area contributed by atoms with E-state index < -0.39 is 11.9 Å². The van der Waals surface area contributed by atoms with E-state index in [4.69, 9.17) is 39.9 Å². The molecule has 3 rings (SSSR count). The lowest BCUT2D eigenvalue weighted by Gasteiger charge is -2.13. The van der Waals surface area contributed by atoms with E-state index in [0.717, 1.165) is 16.7 Å². The summed E-state index contributed by atoms with van der Waals surface area (Å²) in [6.07, 6.45) is 0. The molecule has 0 saturated carbocycles. The zero-order valence-electron chi connectivity index (χ0n) is 14.6. The molecule has 0 saturated heterocycles. The number of amides is 1. The predicted octanol–water partition coefficient (Wildman–Crippen LogP) is 6.57. The Balaban J connectivity index is 1.95. The standard InChI is InChI=1S/C21H14Cl3NO3/c1-11-5-6-13(12-3-2-4-15(22)7-12)8-16(11)20(26)25-19-17(23)9-14(21(27)28)10-18(19)24/h2-10H,1H3,(H,25,26)(H,27,28). The van der Waals surface area contributed by atoms with Gasteiger partial charge in [-0.05, 0) is 53.9 Å². The number of hydrogen-bond acceptors (Lipinski definition) is 2.